The topological polar surface area (TPSA) is 125 Å². The van der Waals surface area contributed by atoms with Gasteiger partial charge in [0.05, 0.1) is 10.5 Å². The Morgan fingerprint density at radius 2 is 1.56 bits per heavy atom. The highest BCUT2D eigenvalue weighted by Crippen LogP contribution is 2.23. The van der Waals surface area contributed by atoms with E-state index in [1.54, 1.807) is 31.3 Å². The van der Waals surface area contributed by atoms with Gasteiger partial charge in [0.1, 0.15) is 0 Å². The van der Waals surface area contributed by atoms with Gasteiger partial charge in [0.25, 0.3) is 11.6 Å². The van der Waals surface area contributed by atoms with Crippen LogP contribution in [0, 0.1) is 10.1 Å². The third-order valence-corrected chi connectivity index (χ3v) is 3.36. The highest BCUT2D eigenvalue weighted by molar-refractivity contribution is 6.08. The number of rotatable bonds is 5. The maximum absolute atomic E-state index is 12.4. The number of anilines is 3. The Balaban J connectivity index is 2.17. The lowest BCUT2D eigenvalue weighted by Gasteiger charge is -2.10. The quantitative estimate of drug-likeness (QED) is 0.490. The summed E-state index contributed by atoms with van der Waals surface area (Å²) in [5, 5.41) is 21.4. The van der Waals surface area contributed by atoms with E-state index < -0.39 is 10.8 Å². The van der Waals surface area contributed by atoms with Crippen LogP contribution in [0.3, 0.4) is 0 Å². The summed E-state index contributed by atoms with van der Waals surface area (Å²) in [6.07, 6.45) is 0. The fourth-order valence-corrected chi connectivity index (χ4v) is 2.08. The lowest BCUT2D eigenvalue weighted by atomic mass is 10.1. The number of nitro groups is 1. The lowest BCUT2D eigenvalue weighted by molar-refractivity contribution is -0.384. The minimum atomic E-state index is -0.560. The van der Waals surface area contributed by atoms with Crippen LogP contribution >= 0.6 is 0 Å². The molecule has 0 aliphatic rings. The molecule has 2 aromatic rings. The van der Waals surface area contributed by atoms with Crippen molar-refractivity contribution in [3.63, 3.8) is 0 Å². The van der Waals surface area contributed by atoms with Gasteiger partial charge in [-0.25, -0.2) is 4.79 Å². The molecule has 0 saturated heterocycles. The van der Waals surface area contributed by atoms with Gasteiger partial charge in [-0.2, -0.15) is 0 Å². The second-order valence-electron chi connectivity index (χ2n) is 4.97. The number of benzene rings is 2. The van der Waals surface area contributed by atoms with Crippen molar-refractivity contribution >= 4 is 34.7 Å². The summed E-state index contributed by atoms with van der Waals surface area (Å²) in [6.45, 7) is 0. The van der Waals surface area contributed by atoms with E-state index >= 15 is 0 Å². The van der Waals surface area contributed by atoms with E-state index in [9.17, 15) is 19.7 Å². The average Bonchev–Trinajstić information content (AvgIpc) is 2.62. The van der Waals surface area contributed by atoms with E-state index in [-0.39, 0.29) is 17.3 Å². The molecule has 25 heavy (non-hydrogen) atoms. The molecule has 0 spiro atoms. The van der Waals surface area contributed by atoms with Crippen molar-refractivity contribution in [1.82, 2.24) is 5.32 Å². The molecule has 0 radical (unpaired) electrons. The fraction of sp³-hybridized carbons (Fsp3) is 0.125. The predicted octanol–water partition coefficient (Wildman–Crippen LogP) is 2.64. The number of hydrogen-bond acceptors (Lipinski definition) is 5. The zero-order chi connectivity index (χ0) is 18.4. The zero-order valence-corrected chi connectivity index (χ0v) is 13.6. The van der Waals surface area contributed by atoms with Crippen molar-refractivity contribution in [3.8, 4) is 0 Å². The lowest BCUT2D eigenvalue weighted by Crippen LogP contribution is -2.24. The van der Waals surface area contributed by atoms with Crippen molar-refractivity contribution in [2.24, 2.45) is 0 Å². The minimum Gasteiger partial charge on any atom is -0.387 e. The average molecular weight is 343 g/mol. The molecule has 0 aliphatic heterocycles. The normalized spacial score (nSPS) is 9.84. The number of nitro benzene ring substituents is 1. The molecule has 0 heterocycles. The van der Waals surface area contributed by atoms with Gasteiger partial charge in [-0.05, 0) is 30.3 Å². The highest BCUT2D eigenvalue weighted by atomic mass is 16.6. The maximum atomic E-state index is 12.4. The molecule has 0 unspecified atom stereocenters. The molecule has 0 atom stereocenters. The Kier molecular flexibility index (Phi) is 5.51. The molecule has 130 valence electrons. The van der Waals surface area contributed by atoms with Crippen LogP contribution in [0.4, 0.5) is 27.5 Å². The van der Waals surface area contributed by atoms with Gasteiger partial charge >= 0.3 is 6.03 Å². The van der Waals surface area contributed by atoms with Crippen LogP contribution in [0.25, 0.3) is 0 Å². The molecule has 0 aromatic heterocycles. The SMILES string of the molecule is CNC(=O)Nc1ccc(NC(=O)c2cc([N+](=O)[O-])ccc2NC)cc1. The minimum absolute atomic E-state index is 0.157. The monoisotopic (exact) mass is 343 g/mol. The number of hydrogen-bond donors (Lipinski definition) is 4. The van der Waals surface area contributed by atoms with Gasteiger partial charge in [-0.1, -0.05) is 0 Å². The molecule has 9 nitrogen and oxygen atoms in total. The summed E-state index contributed by atoms with van der Waals surface area (Å²) < 4.78 is 0. The second-order valence-corrected chi connectivity index (χ2v) is 4.97. The smallest absolute Gasteiger partial charge is 0.318 e. The molecule has 4 N–H and O–H groups in total. The van der Waals surface area contributed by atoms with Crippen LogP contribution in [0.5, 0.6) is 0 Å². The molecule has 0 saturated carbocycles. The summed E-state index contributed by atoms with van der Waals surface area (Å²) in [4.78, 5) is 34.0. The number of nitrogens with one attached hydrogen (secondary N) is 4. The van der Waals surface area contributed by atoms with Crippen molar-refractivity contribution in [2.45, 2.75) is 0 Å². The highest BCUT2D eigenvalue weighted by Gasteiger charge is 2.16. The molecule has 3 amide bonds. The standard InChI is InChI=1S/C16H17N5O4/c1-17-14-8-7-12(21(24)25)9-13(14)15(22)19-10-3-5-11(6-4-10)20-16(23)18-2/h3-9,17H,1-2H3,(H,19,22)(H2,18,20,23). The summed E-state index contributed by atoms with van der Waals surface area (Å²) in [5.41, 5.74) is 1.50. The second kappa shape index (κ2) is 7.77. The number of non-ortho nitro benzene ring substituents is 1. The van der Waals surface area contributed by atoms with Gasteiger partial charge in [-0.15, -0.1) is 0 Å². The summed E-state index contributed by atoms with van der Waals surface area (Å²) in [5.74, 6) is -0.486. The molecule has 9 heteroatoms. The molecule has 0 fully saturated rings. The van der Waals surface area contributed by atoms with Gasteiger partial charge in [-0.3, -0.25) is 14.9 Å². The first-order valence-corrected chi connectivity index (χ1v) is 7.31. The Bertz CT molecular complexity index is 805. The number of urea groups is 1. The predicted molar refractivity (Wildman–Crippen MR) is 95.1 cm³/mol. The van der Waals surface area contributed by atoms with E-state index in [4.69, 9.17) is 0 Å². The van der Waals surface area contributed by atoms with E-state index in [0.29, 0.717) is 17.1 Å². The largest absolute Gasteiger partial charge is 0.387 e. The van der Waals surface area contributed by atoms with Gasteiger partial charge in [0.15, 0.2) is 0 Å². The zero-order valence-electron chi connectivity index (χ0n) is 13.6. The van der Waals surface area contributed by atoms with Crippen molar-refractivity contribution in [2.75, 3.05) is 30.0 Å². The third-order valence-electron chi connectivity index (χ3n) is 3.36. The van der Waals surface area contributed by atoms with Crippen molar-refractivity contribution in [3.05, 3.63) is 58.1 Å². The van der Waals surface area contributed by atoms with Crippen molar-refractivity contribution in [1.29, 1.82) is 0 Å². The summed E-state index contributed by atoms with van der Waals surface area (Å²) >= 11 is 0. The number of amides is 3. The summed E-state index contributed by atoms with van der Waals surface area (Å²) in [6, 6.07) is 10.1. The Morgan fingerprint density at radius 1 is 0.960 bits per heavy atom. The molecule has 2 rings (SSSR count). The van der Waals surface area contributed by atoms with Crippen LogP contribution < -0.4 is 21.3 Å². The first-order chi connectivity index (χ1) is 11.9. The molecule has 0 bridgehead atoms. The van der Waals surface area contributed by atoms with E-state index in [0.717, 1.165) is 0 Å². The first-order valence-electron chi connectivity index (χ1n) is 7.31. The van der Waals surface area contributed by atoms with Crippen LogP contribution in [0.1, 0.15) is 10.4 Å². The number of carbonyl (C=O) groups excluding carboxylic acids is 2. The maximum Gasteiger partial charge on any atom is 0.318 e. The van der Waals surface area contributed by atoms with Crippen LogP contribution in [0.15, 0.2) is 42.5 Å². The van der Waals surface area contributed by atoms with Gasteiger partial charge < -0.3 is 21.3 Å². The van der Waals surface area contributed by atoms with Gasteiger partial charge in [0.2, 0.25) is 0 Å². The summed E-state index contributed by atoms with van der Waals surface area (Å²) in [7, 11) is 3.12. The van der Waals surface area contributed by atoms with E-state index in [1.807, 2.05) is 0 Å². The van der Waals surface area contributed by atoms with E-state index in [1.165, 1.54) is 25.2 Å². The van der Waals surface area contributed by atoms with Crippen molar-refractivity contribution < 1.29 is 14.5 Å². The molecule has 0 aliphatic carbocycles. The fourth-order valence-electron chi connectivity index (χ4n) is 2.08. The first kappa shape index (κ1) is 17.7. The van der Waals surface area contributed by atoms with Gasteiger partial charge in [0, 0.05) is 43.3 Å². The Morgan fingerprint density at radius 3 is 2.08 bits per heavy atom. The van der Waals surface area contributed by atoms with Crippen LogP contribution in [-0.4, -0.2) is 31.0 Å². The Hall–Kier alpha value is -3.62. The third kappa shape index (κ3) is 4.44. The van der Waals surface area contributed by atoms with E-state index in [2.05, 4.69) is 21.3 Å². The Labute approximate surface area is 143 Å². The molecular formula is C16H17N5O4. The number of nitrogens with zero attached hydrogens (tertiary/aromatic N) is 1. The molecule has 2 aromatic carbocycles. The molecular weight excluding hydrogens is 326 g/mol. The van der Waals surface area contributed by atoms with Crippen LogP contribution in [-0.2, 0) is 0 Å². The number of carbonyl (C=O) groups is 2. The van der Waals surface area contributed by atoms with Crippen LogP contribution in [0.2, 0.25) is 0 Å².